The van der Waals surface area contributed by atoms with Crippen LogP contribution in [0.2, 0.25) is 5.02 Å². The molecule has 3 aromatic carbocycles. The molecule has 0 bridgehead atoms. The minimum Gasteiger partial charge on any atom is -0.494 e. The molecule has 3 rings (SSSR count). The van der Waals surface area contributed by atoms with Crippen LogP contribution in [-0.2, 0) is 26.2 Å². The van der Waals surface area contributed by atoms with Gasteiger partial charge in [0.15, 0.2) is 0 Å². The van der Waals surface area contributed by atoms with Crippen LogP contribution in [0.5, 0.6) is 5.75 Å². The first kappa shape index (κ1) is 30.0. The summed E-state index contributed by atoms with van der Waals surface area (Å²) in [7, 11) is -4.14. The number of hydrogen-bond acceptors (Lipinski definition) is 5. The smallest absolute Gasteiger partial charge is 0.264 e. The number of nitrogens with one attached hydrogen (secondary N) is 1. The molecule has 0 aromatic heterocycles. The number of carbonyl (C=O) groups is 2. The van der Waals surface area contributed by atoms with Crippen LogP contribution in [0.15, 0.2) is 83.8 Å². The summed E-state index contributed by atoms with van der Waals surface area (Å²) in [6.07, 6.45) is 0. The third kappa shape index (κ3) is 7.74. The Morgan fingerprint density at radius 1 is 0.923 bits per heavy atom. The predicted octanol–water partition coefficient (Wildman–Crippen LogP) is 4.88. The zero-order valence-corrected chi connectivity index (χ0v) is 24.1. The molecule has 0 aliphatic heterocycles. The van der Waals surface area contributed by atoms with E-state index in [1.807, 2.05) is 20.8 Å². The maximum atomic E-state index is 13.9. The van der Waals surface area contributed by atoms with Crippen LogP contribution >= 0.6 is 11.6 Å². The number of hydrogen-bond donors (Lipinski definition) is 1. The zero-order chi connectivity index (χ0) is 28.6. The largest absolute Gasteiger partial charge is 0.494 e. The predicted molar refractivity (Wildman–Crippen MR) is 153 cm³/mol. The lowest BCUT2D eigenvalue weighted by Gasteiger charge is -2.32. The van der Waals surface area contributed by atoms with Crippen molar-refractivity contribution in [2.24, 2.45) is 0 Å². The highest BCUT2D eigenvalue weighted by Crippen LogP contribution is 2.27. The number of sulfonamides is 1. The fourth-order valence-corrected chi connectivity index (χ4v) is 5.55. The average Bonchev–Trinajstić information content (AvgIpc) is 2.91. The highest BCUT2D eigenvalue weighted by molar-refractivity contribution is 7.92. The molecule has 1 atom stereocenters. The van der Waals surface area contributed by atoms with Crippen LogP contribution in [-0.4, -0.2) is 50.4 Å². The summed E-state index contributed by atoms with van der Waals surface area (Å²) < 4.78 is 34.1. The van der Waals surface area contributed by atoms with Crippen molar-refractivity contribution < 1.29 is 22.7 Å². The summed E-state index contributed by atoms with van der Waals surface area (Å²) in [5.41, 5.74) is 0.919. The molecule has 0 unspecified atom stereocenters. The third-order valence-electron chi connectivity index (χ3n) is 5.94. The van der Waals surface area contributed by atoms with Gasteiger partial charge in [-0.3, -0.25) is 13.9 Å². The van der Waals surface area contributed by atoms with E-state index < -0.39 is 28.5 Å². The Balaban J connectivity index is 2.03. The fraction of sp³-hybridized carbons (Fsp3) is 0.310. The molecular formula is C29H34ClN3O5S. The van der Waals surface area contributed by atoms with E-state index in [0.717, 1.165) is 4.31 Å². The van der Waals surface area contributed by atoms with E-state index >= 15 is 0 Å². The monoisotopic (exact) mass is 571 g/mol. The Morgan fingerprint density at radius 2 is 1.54 bits per heavy atom. The summed E-state index contributed by atoms with van der Waals surface area (Å²) in [5.74, 6) is -0.345. The van der Waals surface area contributed by atoms with Crippen molar-refractivity contribution in [3.63, 3.8) is 0 Å². The Labute approximate surface area is 235 Å². The molecule has 3 aromatic rings. The highest BCUT2D eigenvalue weighted by Gasteiger charge is 2.32. The van der Waals surface area contributed by atoms with Gasteiger partial charge in [0.1, 0.15) is 18.3 Å². The van der Waals surface area contributed by atoms with Crippen molar-refractivity contribution >= 4 is 39.1 Å². The molecule has 8 nitrogen and oxygen atoms in total. The van der Waals surface area contributed by atoms with Crippen molar-refractivity contribution in [1.29, 1.82) is 0 Å². The minimum atomic E-state index is -4.14. The SMILES string of the molecule is CCOc1ccc(N(CC(=O)N(Cc2ccccc2Cl)[C@@H](C)C(=O)NC(C)C)S(=O)(=O)c2ccccc2)cc1. The minimum absolute atomic E-state index is 0.0215. The molecule has 0 saturated heterocycles. The van der Waals surface area contributed by atoms with Gasteiger partial charge < -0.3 is 15.0 Å². The van der Waals surface area contributed by atoms with Gasteiger partial charge in [-0.1, -0.05) is 48.0 Å². The summed E-state index contributed by atoms with van der Waals surface area (Å²) in [6, 6.07) is 20.4. The molecule has 0 fully saturated rings. The number of anilines is 1. The third-order valence-corrected chi connectivity index (χ3v) is 8.10. The van der Waals surface area contributed by atoms with E-state index in [1.54, 1.807) is 73.7 Å². The van der Waals surface area contributed by atoms with Crippen molar-refractivity contribution in [3.05, 3.63) is 89.4 Å². The summed E-state index contributed by atoms with van der Waals surface area (Å²) in [5, 5.41) is 3.26. The number of rotatable bonds is 12. The second-order valence-corrected chi connectivity index (χ2v) is 11.5. The van der Waals surface area contributed by atoms with Gasteiger partial charge in [-0.05, 0) is 75.7 Å². The van der Waals surface area contributed by atoms with Crippen LogP contribution in [0.3, 0.4) is 0 Å². The number of halogens is 1. The van der Waals surface area contributed by atoms with E-state index in [0.29, 0.717) is 22.9 Å². The van der Waals surface area contributed by atoms with Crippen LogP contribution in [0.1, 0.15) is 33.3 Å². The fourth-order valence-electron chi connectivity index (χ4n) is 3.92. The zero-order valence-electron chi connectivity index (χ0n) is 22.5. The van der Waals surface area contributed by atoms with Crippen LogP contribution in [0.4, 0.5) is 5.69 Å². The average molecular weight is 572 g/mol. The molecule has 1 N–H and O–H groups in total. The quantitative estimate of drug-likeness (QED) is 0.334. The normalized spacial score (nSPS) is 12.1. The maximum Gasteiger partial charge on any atom is 0.264 e. The second-order valence-electron chi connectivity index (χ2n) is 9.20. The number of nitrogens with zero attached hydrogens (tertiary/aromatic N) is 2. The molecule has 39 heavy (non-hydrogen) atoms. The van der Waals surface area contributed by atoms with Gasteiger partial charge in [-0.25, -0.2) is 8.42 Å². The van der Waals surface area contributed by atoms with E-state index in [9.17, 15) is 18.0 Å². The van der Waals surface area contributed by atoms with Crippen LogP contribution in [0.25, 0.3) is 0 Å². The summed E-state index contributed by atoms with van der Waals surface area (Å²) >= 11 is 6.38. The number of carbonyl (C=O) groups excluding carboxylic acids is 2. The lowest BCUT2D eigenvalue weighted by Crippen LogP contribution is -2.52. The molecular weight excluding hydrogens is 538 g/mol. The van der Waals surface area contributed by atoms with Crippen molar-refractivity contribution in [2.75, 3.05) is 17.5 Å². The first-order valence-electron chi connectivity index (χ1n) is 12.7. The molecule has 0 heterocycles. The van der Waals surface area contributed by atoms with Gasteiger partial charge in [0.05, 0.1) is 17.2 Å². The molecule has 0 spiro atoms. The topological polar surface area (TPSA) is 96.0 Å². The Hall–Kier alpha value is -3.56. The van der Waals surface area contributed by atoms with Gasteiger partial charge in [0.2, 0.25) is 11.8 Å². The highest BCUT2D eigenvalue weighted by atomic mass is 35.5. The van der Waals surface area contributed by atoms with Gasteiger partial charge in [0, 0.05) is 17.6 Å². The standard InChI is InChI=1S/C29H34ClN3O5S/c1-5-38-25-17-15-24(16-18-25)33(39(36,37)26-12-7-6-8-13-26)20-28(34)32(22(4)29(35)31-21(2)3)19-23-11-9-10-14-27(23)30/h6-18,21-22H,5,19-20H2,1-4H3,(H,31,35)/t22-/m0/s1. The molecule has 0 saturated carbocycles. The molecule has 0 aliphatic rings. The van der Waals surface area contributed by atoms with Gasteiger partial charge >= 0.3 is 0 Å². The number of amides is 2. The summed E-state index contributed by atoms with van der Waals surface area (Å²) in [4.78, 5) is 28.2. The molecule has 0 radical (unpaired) electrons. The van der Waals surface area contributed by atoms with Crippen molar-refractivity contribution in [3.8, 4) is 5.75 Å². The number of benzene rings is 3. The Morgan fingerprint density at radius 3 is 2.13 bits per heavy atom. The van der Waals surface area contributed by atoms with E-state index in [2.05, 4.69) is 5.32 Å². The Kier molecular flexibility index (Phi) is 10.4. The van der Waals surface area contributed by atoms with E-state index in [1.165, 1.54) is 17.0 Å². The van der Waals surface area contributed by atoms with Gasteiger partial charge in [0.25, 0.3) is 10.0 Å². The molecule has 10 heteroatoms. The molecule has 0 aliphatic carbocycles. The maximum absolute atomic E-state index is 13.9. The van der Waals surface area contributed by atoms with Crippen molar-refractivity contribution in [2.45, 2.75) is 51.2 Å². The Bertz CT molecular complexity index is 1370. The first-order valence-corrected chi connectivity index (χ1v) is 14.5. The first-order chi connectivity index (χ1) is 18.5. The van der Waals surface area contributed by atoms with E-state index in [4.69, 9.17) is 16.3 Å². The number of ether oxygens (including phenoxy) is 1. The van der Waals surface area contributed by atoms with Crippen LogP contribution < -0.4 is 14.4 Å². The second kappa shape index (κ2) is 13.5. The van der Waals surface area contributed by atoms with E-state index in [-0.39, 0.29) is 29.1 Å². The van der Waals surface area contributed by atoms with Gasteiger partial charge in [-0.15, -0.1) is 0 Å². The van der Waals surface area contributed by atoms with Gasteiger partial charge in [-0.2, -0.15) is 0 Å². The van der Waals surface area contributed by atoms with Crippen LogP contribution in [0, 0.1) is 0 Å². The molecule has 2 amide bonds. The summed E-state index contributed by atoms with van der Waals surface area (Å²) in [6.45, 7) is 7.05. The van der Waals surface area contributed by atoms with Crippen molar-refractivity contribution in [1.82, 2.24) is 10.2 Å². The lowest BCUT2D eigenvalue weighted by atomic mass is 10.1. The molecule has 208 valence electrons. The lowest BCUT2D eigenvalue weighted by molar-refractivity contribution is -0.139.